The molecule has 3 amide bonds. The van der Waals surface area contributed by atoms with Crippen molar-refractivity contribution in [1.29, 1.82) is 0 Å². The topological polar surface area (TPSA) is 100 Å². The van der Waals surface area contributed by atoms with E-state index in [0.29, 0.717) is 28.5 Å². The van der Waals surface area contributed by atoms with Crippen molar-refractivity contribution in [2.45, 2.75) is 23.5 Å². The van der Waals surface area contributed by atoms with E-state index in [1.54, 1.807) is 60.7 Å². The van der Waals surface area contributed by atoms with Crippen LogP contribution in [0.25, 0.3) is 17.2 Å². The van der Waals surface area contributed by atoms with E-state index in [9.17, 15) is 14.4 Å². The third-order valence-corrected chi connectivity index (χ3v) is 8.45. The second-order valence-electron chi connectivity index (χ2n) is 10.2. The first-order chi connectivity index (χ1) is 22.4. The Labute approximate surface area is 277 Å². The zero-order chi connectivity index (χ0) is 32.3. The number of carbonyl (C=O) groups excluding carboxylic acids is 3. The molecule has 3 N–H and O–H groups in total. The summed E-state index contributed by atoms with van der Waals surface area (Å²) in [5.74, 6) is -0.665. The van der Waals surface area contributed by atoms with E-state index in [1.807, 2.05) is 73.7 Å². The Bertz CT molecular complexity index is 1830. The summed E-state index contributed by atoms with van der Waals surface area (Å²) in [6.45, 7) is 1.93. The number of amides is 3. The molecule has 0 fully saturated rings. The molecule has 46 heavy (non-hydrogen) atoms. The first-order valence-corrected chi connectivity index (χ1v) is 15.9. The first kappa shape index (κ1) is 32.2. The zero-order valence-corrected chi connectivity index (χ0v) is 26.5. The van der Waals surface area contributed by atoms with Crippen LogP contribution in [0, 0.1) is 0 Å². The molecule has 9 heteroatoms. The number of aromatic nitrogens is 1. The molecule has 0 aliphatic carbocycles. The number of anilines is 2. The molecule has 0 saturated carbocycles. The lowest BCUT2D eigenvalue weighted by Gasteiger charge is -2.16. The van der Waals surface area contributed by atoms with Gasteiger partial charge in [-0.15, -0.1) is 11.8 Å². The zero-order valence-electron chi connectivity index (χ0n) is 24.9. The van der Waals surface area contributed by atoms with Crippen LogP contribution in [-0.2, 0) is 9.59 Å². The van der Waals surface area contributed by atoms with Crippen molar-refractivity contribution >= 4 is 58.7 Å². The fourth-order valence-electron chi connectivity index (χ4n) is 4.50. The molecule has 0 spiro atoms. The van der Waals surface area contributed by atoms with Crippen molar-refractivity contribution in [3.05, 3.63) is 149 Å². The molecule has 0 saturated heterocycles. The lowest BCUT2D eigenvalue weighted by Crippen LogP contribution is -2.30. The second-order valence-corrected chi connectivity index (χ2v) is 11.9. The molecule has 0 aliphatic rings. The number of hydrogen-bond donors (Lipinski definition) is 3. The third-order valence-electron chi connectivity index (χ3n) is 6.87. The molecule has 1 aromatic heterocycles. The third kappa shape index (κ3) is 8.94. The van der Waals surface area contributed by atoms with Crippen LogP contribution in [-0.4, -0.2) is 28.0 Å². The average Bonchev–Trinajstić information content (AvgIpc) is 3.09. The number of thioether (sulfide) groups is 1. The number of hydrogen-bond acceptors (Lipinski definition) is 5. The van der Waals surface area contributed by atoms with Crippen LogP contribution in [0.5, 0.6) is 0 Å². The van der Waals surface area contributed by atoms with E-state index in [0.717, 1.165) is 21.6 Å². The monoisotopic (exact) mass is 646 g/mol. The number of benzene rings is 4. The van der Waals surface area contributed by atoms with Crippen molar-refractivity contribution in [3.63, 3.8) is 0 Å². The van der Waals surface area contributed by atoms with Crippen molar-refractivity contribution in [2.75, 3.05) is 10.6 Å². The minimum Gasteiger partial charge on any atom is -0.321 e. The predicted molar refractivity (Wildman–Crippen MR) is 187 cm³/mol. The SMILES string of the molecule is CCC(Sc1cccc(NC(=O)/C(=C\c2ccc(-c3ccccc3)cc2)NC(=O)c2ccccc2)c1)C(=O)Nc1ccc(Cl)cn1. The molecule has 0 radical (unpaired) electrons. The maximum atomic E-state index is 13.6. The first-order valence-electron chi connectivity index (χ1n) is 14.6. The quantitative estimate of drug-likeness (QED) is 0.0990. The molecule has 4 aromatic carbocycles. The molecule has 230 valence electrons. The molecular weight excluding hydrogens is 616 g/mol. The lowest BCUT2D eigenvalue weighted by atomic mass is 10.0. The Morgan fingerprint density at radius 2 is 1.50 bits per heavy atom. The van der Waals surface area contributed by atoms with Gasteiger partial charge in [0.05, 0.1) is 10.3 Å². The summed E-state index contributed by atoms with van der Waals surface area (Å²) in [7, 11) is 0. The highest BCUT2D eigenvalue weighted by molar-refractivity contribution is 8.00. The van der Waals surface area contributed by atoms with Crippen molar-refractivity contribution < 1.29 is 14.4 Å². The maximum absolute atomic E-state index is 13.6. The van der Waals surface area contributed by atoms with E-state index in [-0.39, 0.29) is 11.6 Å². The van der Waals surface area contributed by atoms with Gasteiger partial charge in [0, 0.05) is 22.3 Å². The average molecular weight is 647 g/mol. The van der Waals surface area contributed by atoms with Crippen molar-refractivity contribution in [1.82, 2.24) is 10.3 Å². The molecule has 7 nitrogen and oxygen atoms in total. The molecule has 5 aromatic rings. The van der Waals surface area contributed by atoms with Gasteiger partial charge < -0.3 is 16.0 Å². The van der Waals surface area contributed by atoms with E-state index in [2.05, 4.69) is 20.9 Å². The maximum Gasteiger partial charge on any atom is 0.272 e. The van der Waals surface area contributed by atoms with Gasteiger partial charge in [0.15, 0.2) is 0 Å². The van der Waals surface area contributed by atoms with E-state index in [1.165, 1.54) is 18.0 Å². The summed E-state index contributed by atoms with van der Waals surface area (Å²) in [6.07, 6.45) is 3.69. The summed E-state index contributed by atoms with van der Waals surface area (Å²) in [4.78, 5) is 44.6. The number of nitrogens with zero attached hydrogens (tertiary/aromatic N) is 1. The van der Waals surface area contributed by atoms with E-state index < -0.39 is 17.1 Å². The van der Waals surface area contributed by atoms with Crippen LogP contribution in [0.3, 0.4) is 0 Å². The number of rotatable bonds is 11. The van der Waals surface area contributed by atoms with Crippen LogP contribution in [0.4, 0.5) is 11.5 Å². The summed E-state index contributed by atoms with van der Waals surface area (Å²) >= 11 is 7.28. The number of pyridine rings is 1. The number of halogens is 1. The van der Waals surface area contributed by atoms with Crippen molar-refractivity contribution in [2.24, 2.45) is 0 Å². The van der Waals surface area contributed by atoms with Gasteiger partial charge in [-0.3, -0.25) is 14.4 Å². The smallest absolute Gasteiger partial charge is 0.272 e. The molecular formula is C37H31ClN4O3S. The standard InChI is InChI=1S/C37H31ClN4O3S/c1-2-33(37(45)42-34-21-20-29(38)24-39-34)46-31-15-9-14-30(23-31)40-36(44)32(41-35(43)28-12-7-4-8-13-28)22-25-16-18-27(19-17-25)26-10-5-3-6-11-26/h3-24,33H,2H2,1H3,(H,40,44)(H,41,43)(H,39,42,45)/b32-22+. The summed E-state index contributed by atoms with van der Waals surface area (Å²) < 4.78 is 0. The van der Waals surface area contributed by atoms with Gasteiger partial charge in [-0.25, -0.2) is 4.98 Å². The predicted octanol–water partition coefficient (Wildman–Crippen LogP) is 8.32. The van der Waals surface area contributed by atoms with Gasteiger partial charge in [-0.2, -0.15) is 0 Å². The minimum atomic E-state index is -0.489. The Morgan fingerprint density at radius 1 is 0.804 bits per heavy atom. The molecule has 1 unspecified atom stereocenters. The highest BCUT2D eigenvalue weighted by Crippen LogP contribution is 2.29. The van der Waals surface area contributed by atoms with E-state index >= 15 is 0 Å². The fourth-order valence-corrected chi connectivity index (χ4v) is 5.63. The van der Waals surface area contributed by atoms with Gasteiger partial charge >= 0.3 is 0 Å². The highest BCUT2D eigenvalue weighted by Gasteiger charge is 2.20. The molecule has 5 rings (SSSR count). The largest absolute Gasteiger partial charge is 0.321 e. The highest BCUT2D eigenvalue weighted by atomic mass is 35.5. The molecule has 1 atom stereocenters. The molecule has 0 aliphatic heterocycles. The van der Waals surface area contributed by atoms with Crippen LogP contribution in [0.2, 0.25) is 5.02 Å². The van der Waals surface area contributed by atoms with Gasteiger partial charge in [-0.1, -0.05) is 97.4 Å². The number of carbonyl (C=O) groups is 3. The Balaban J connectivity index is 1.33. The Kier molecular flexibility index (Phi) is 11.0. The van der Waals surface area contributed by atoms with Crippen LogP contribution >= 0.6 is 23.4 Å². The van der Waals surface area contributed by atoms with E-state index in [4.69, 9.17) is 11.6 Å². The Hall–Kier alpha value is -5.18. The van der Waals surface area contributed by atoms with Gasteiger partial charge in [-0.05, 0) is 71.7 Å². The van der Waals surface area contributed by atoms with Gasteiger partial charge in [0.1, 0.15) is 11.5 Å². The molecule has 0 bridgehead atoms. The van der Waals surface area contributed by atoms with Crippen LogP contribution < -0.4 is 16.0 Å². The van der Waals surface area contributed by atoms with Gasteiger partial charge in [0.25, 0.3) is 11.8 Å². The minimum absolute atomic E-state index is 0.0839. The van der Waals surface area contributed by atoms with Crippen LogP contribution in [0.15, 0.2) is 138 Å². The number of nitrogens with one attached hydrogen (secondary N) is 3. The summed E-state index contributed by atoms with van der Waals surface area (Å²) in [6, 6.07) is 37.0. The molecule has 1 heterocycles. The normalized spacial score (nSPS) is 11.7. The van der Waals surface area contributed by atoms with Crippen molar-refractivity contribution in [3.8, 4) is 11.1 Å². The summed E-state index contributed by atoms with van der Waals surface area (Å²) in [5, 5.41) is 8.59. The summed E-state index contributed by atoms with van der Waals surface area (Å²) in [5.41, 5.74) is 3.89. The second kappa shape index (κ2) is 15.7. The van der Waals surface area contributed by atoms with Crippen LogP contribution in [0.1, 0.15) is 29.3 Å². The van der Waals surface area contributed by atoms with Gasteiger partial charge in [0.2, 0.25) is 5.91 Å². The Morgan fingerprint density at radius 3 is 2.17 bits per heavy atom. The fraction of sp³-hybridized carbons (Fsp3) is 0.0811. The lowest BCUT2D eigenvalue weighted by molar-refractivity contribution is -0.116.